The Morgan fingerprint density at radius 2 is 1.72 bits per heavy atom. The predicted octanol–water partition coefficient (Wildman–Crippen LogP) is 5.20. The molecule has 0 aromatic heterocycles. The molecule has 0 saturated heterocycles. The number of fused-ring (bicyclic) bond motifs is 1. The Kier molecular flexibility index (Phi) is 5.49. The summed E-state index contributed by atoms with van der Waals surface area (Å²) >= 11 is 0. The van der Waals surface area contributed by atoms with E-state index in [1.807, 2.05) is 18.2 Å². The van der Waals surface area contributed by atoms with Crippen molar-refractivity contribution in [2.45, 2.75) is 45.1 Å². The number of hydrogen-bond acceptors (Lipinski definition) is 3. The quantitative estimate of drug-likeness (QED) is 0.537. The van der Waals surface area contributed by atoms with Crippen molar-refractivity contribution in [3.8, 4) is 0 Å². The number of rotatable bonds is 6. The number of anilines is 1. The van der Waals surface area contributed by atoms with E-state index < -0.39 is 21.9 Å². The molecule has 1 aliphatic rings. The van der Waals surface area contributed by atoms with Crippen LogP contribution in [-0.2, 0) is 15.4 Å². The summed E-state index contributed by atoms with van der Waals surface area (Å²) < 4.78 is 39.9. The number of nitrogens with one attached hydrogen (secondary N) is 2. The monoisotopic (exact) mass is 454 g/mol. The maximum absolute atomic E-state index is 14.7. The molecule has 0 spiro atoms. The van der Waals surface area contributed by atoms with Crippen molar-refractivity contribution < 1.29 is 17.6 Å². The molecule has 1 aliphatic carbocycles. The van der Waals surface area contributed by atoms with Gasteiger partial charge in [0.25, 0.3) is 5.91 Å². The molecule has 2 N–H and O–H groups in total. The SMILES string of the molecule is Cc1cc(C(C)NC(=O)c2ccc3cc(C4(C)CC4)ccc3c2)c(F)cc1NS(C)(=O)=O. The van der Waals surface area contributed by atoms with Gasteiger partial charge in [0.1, 0.15) is 5.82 Å². The molecule has 4 rings (SSSR count). The van der Waals surface area contributed by atoms with Crippen molar-refractivity contribution >= 4 is 32.4 Å². The second-order valence-electron chi connectivity index (χ2n) is 9.10. The first kappa shape index (κ1) is 22.3. The molecule has 1 atom stereocenters. The van der Waals surface area contributed by atoms with E-state index in [1.54, 1.807) is 26.0 Å². The average molecular weight is 455 g/mol. The van der Waals surface area contributed by atoms with Crippen molar-refractivity contribution in [1.29, 1.82) is 0 Å². The van der Waals surface area contributed by atoms with Crippen LogP contribution in [0, 0.1) is 12.7 Å². The van der Waals surface area contributed by atoms with E-state index >= 15 is 0 Å². The summed E-state index contributed by atoms with van der Waals surface area (Å²) in [6.45, 7) is 5.65. The zero-order valence-corrected chi connectivity index (χ0v) is 19.4. The highest BCUT2D eigenvalue weighted by Gasteiger charge is 2.38. The molecule has 1 fully saturated rings. The molecule has 3 aromatic carbocycles. The van der Waals surface area contributed by atoms with Crippen LogP contribution in [0.5, 0.6) is 0 Å². The van der Waals surface area contributed by atoms with Gasteiger partial charge in [-0.15, -0.1) is 0 Å². The van der Waals surface area contributed by atoms with Gasteiger partial charge in [0.15, 0.2) is 0 Å². The minimum Gasteiger partial charge on any atom is -0.345 e. The Balaban J connectivity index is 1.53. The average Bonchev–Trinajstić information content (AvgIpc) is 3.47. The largest absolute Gasteiger partial charge is 0.345 e. The van der Waals surface area contributed by atoms with Crippen LogP contribution in [0.1, 0.15) is 59.8 Å². The van der Waals surface area contributed by atoms with Crippen LogP contribution in [-0.4, -0.2) is 20.6 Å². The Morgan fingerprint density at radius 3 is 2.38 bits per heavy atom. The molecule has 168 valence electrons. The first-order valence-electron chi connectivity index (χ1n) is 10.6. The lowest BCUT2D eigenvalue weighted by atomic mass is 9.95. The number of hydrogen-bond donors (Lipinski definition) is 2. The lowest BCUT2D eigenvalue weighted by Gasteiger charge is -2.18. The maximum Gasteiger partial charge on any atom is 0.251 e. The summed E-state index contributed by atoms with van der Waals surface area (Å²) in [6, 6.07) is 14.0. The number of amides is 1. The lowest BCUT2D eigenvalue weighted by Crippen LogP contribution is -2.27. The van der Waals surface area contributed by atoms with Gasteiger partial charge >= 0.3 is 0 Å². The van der Waals surface area contributed by atoms with Gasteiger partial charge in [0, 0.05) is 11.1 Å². The first-order valence-corrected chi connectivity index (χ1v) is 12.5. The predicted molar refractivity (Wildman–Crippen MR) is 126 cm³/mol. The molecule has 0 bridgehead atoms. The highest BCUT2D eigenvalue weighted by Crippen LogP contribution is 2.48. The van der Waals surface area contributed by atoms with Crippen LogP contribution < -0.4 is 10.0 Å². The van der Waals surface area contributed by atoms with E-state index in [4.69, 9.17) is 0 Å². The molecular weight excluding hydrogens is 427 g/mol. The smallest absolute Gasteiger partial charge is 0.251 e. The van der Waals surface area contributed by atoms with Crippen molar-refractivity contribution in [3.05, 3.63) is 76.6 Å². The molecule has 0 radical (unpaired) electrons. The molecule has 1 unspecified atom stereocenters. The van der Waals surface area contributed by atoms with Crippen molar-refractivity contribution in [3.63, 3.8) is 0 Å². The Bertz CT molecular complexity index is 1330. The molecule has 1 amide bonds. The van der Waals surface area contributed by atoms with Crippen molar-refractivity contribution in [2.24, 2.45) is 0 Å². The standard InChI is InChI=1S/C25H27FN2O3S/c1-15-11-21(22(26)14-23(15)28-32(4,30)31)16(2)27-24(29)19-6-5-18-13-20(25(3)9-10-25)8-7-17(18)12-19/h5-8,11-14,16,28H,9-10H2,1-4H3,(H,27,29). The number of sulfonamides is 1. The van der Waals surface area contributed by atoms with E-state index in [1.165, 1.54) is 18.4 Å². The molecule has 1 saturated carbocycles. The Hall–Kier alpha value is -2.93. The second-order valence-corrected chi connectivity index (χ2v) is 10.8. The van der Waals surface area contributed by atoms with Gasteiger partial charge in [-0.2, -0.15) is 0 Å². The fourth-order valence-corrected chi connectivity index (χ4v) is 4.56. The number of aryl methyl sites for hydroxylation is 1. The van der Waals surface area contributed by atoms with Gasteiger partial charge in [-0.3, -0.25) is 9.52 Å². The summed E-state index contributed by atoms with van der Waals surface area (Å²) in [5, 5.41) is 4.92. The fourth-order valence-electron chi connectivity index (χ4n) is 3.94. The molecule has 7 heteroatoms. The van der Waals surface area contributed by atoms with Gasteiger partial charge in [0.2, 0.25) is 10.0 Å². The summed E-state index contributed by atoms with van der Waals surface area (Å²) in [5.74, 6) is -0.887. The Morgan fingerprint density at radius 1 is 1.06 bits per heavy atom. The third-order valence-corrected chi connectivity index (χ3v) is 6.84. The minimum absolute atomic E-state index is 0.182. The maximum atomic E-state index is 14.7. The van der Waals surface area contributed by atoms with E-state index in [-0.39, 0.29) is 22.6 Å². The number of benzene rings is 3. The molecule has 3 aromatic rings. The Labute approximate surface area is 188 Å². The minimum atomic E-state index is -3.52. The van der Waals surface area contributed by atoms with Gasteiger partial charge in [-0.05, 0) is 78.3 Å². The zero-order chi connectivity index (χ0) is 23.3. The van der Waals surface area contributed by atoms with Crippen LogP contribution in [0.15, 0.2) is 48.5 Å². The van der Waals surface area contributed by atoms with Crippen molar-refractivity contribution in [2.75, 3.05) is 11.0 Å². The second kappa shape index (κ2) is 7.89. The zero-order valence-electron chi connectivity index (χ0n) is 18.6. The van der Waals surface area contributed by atoms with Crippen LogP contribution in [0.25, 0.3) is 10.8 Å². The van der Waals surface area contributed by atoms with Gasteiger partial charge in [0.05, 0.1) is 18.0 Å². The van der Waals surface area contributed by atoms with Crippen LogP contribution >= 0.6 is 0 Å². The normalized spacial score (nSPS) is 15.9. The molecule has 5 nitrogen and oxygen atoms in total. The van der Waals surface area contributed by atoms with E-state index in [0.717, 1.165) is 23.1 Å². The summed E-state index contributed by atoms with van der Waals surface area (Å²) in [7, 11) is -3.52. The summed E-state index contributed by atoms with van der Waals surface area (Å²) in [5.41, 5.74) is 3.16. The number of carbonyl (C=O) groups is 1. The highest BCUT2D eigenvalue weighted by atomic mass is 32.2. The van der Waals surface area contributed by atoms with E-state index in [2.05, 4.69) is 29.1 Å². The van der Waals surface area contributed by atoms with Crippen LogP contribution in [0.2, 0.25) is 0 Å². The highest BCUT2D eigenvalue weighted by molar-refractivity contribution is 7.92. The number of carbonyl (C=O) groups excluding carboxylic acids is 1. The molecule has 0 aliphatic heterocycles. The van der Waals surface area contributed by atoms with Gasteiger partial charge in [-0.1, -0.05) is 31.2 Å². The fraction of sp³-hybridized carbons (Fsp3) is 0.320. The summed E-state index contributed by atoms with van der Waals surface area (Å²) in [6.07, 6.45) is 3.42. The summed E-state index contributed by atoms with van der Waals surface area (Å²) in [4.78, 5) is 12.8. The first-order chi connectivity index (χ1) is 14.9. The topological polar surface area (TPSA) is 75.3 Å². The van der Waals surface area contributed by atoms with Gasteiger partial charge in [-0.25, -0.2) is 12.8 Å². The molecule has 0 heterocycles. The van der Waals surface area contributed by atoms with Crippen LogP contribution in [0.3, 0.4) is 0 Å². The van der Waals surface area contributed by atoms with E-state index in [0.29, 0.717) is 11.1 Å². The molecule has 32 heavy (non-hydrogen) atoms. The van der Waals surface area contributed by atoms with Gasteiger partial charge < -0.3 is 5.32 Å². The van der Waals surface area contributed by atoms with Crippen LogP contribution in [0.4, 0.5) is 10.1 Å². The molecular formula is C25H27FN2O3S. The lowest BCUT2D eigenvalue weighted by molar-refractivity contribution is 0.0939. The third-order valence-electron chi connectivity index (χ3n) is 6.25. The number of halogens is 1. The van der Waals surface area contributed by atoms with Crippen molar-refractivity contribution in [1.82, 2.24) is 5.32 Å². The van der Waals surface area contributed by atoms with E-state index in [9.17, 15) is 17.6 Å². The third kappa shape index (κ3) is 4.63.